The molecular weight excluding hydrogens is 438 g/mol. The first-order chi connectivity index (χ1) is 16.5. The van der Waals surface area contributed by atoms with Crippen LogP contribution < -0.4 is 25.2 Å². The summed E-state index contributed by atoms with van der Waals surface area (Å²) >= 11 is 0. The van der Waals surface area contributed by atoms with Gasteiger partial charge in [0.05, 0.1) is 31.1 Å². The summed E-state index contributed by atoms with van der Waals surface area (Å²) in [6, 6.07) is 18.6. The summed E-state index contributed by atoms with van der Waals surface area (Å²) < 4.78 is 22.0. The quantitative estimate of drug-likeness (QED) is 0.434. The number of para-hydroxylation sites is 1. The number of ether oxygens (including phenoxy) is 3. The maximum absolute atomic E-state index is 13.4. The van der Waals surface area contributed by atoms with Gasteiger partial charge in [0.2, 0.25) is 0 Å². The molecule has 0 aliphatic carbocycles. The molecule has 0 spiro atoms. The summed E-state index contributed by atoms with van der Waals surface area (Å²) in [5.74, 6) is -0.170. The summed E-state index contributed by atoms with van der Waals surface area (Å²) in [6.07, 6.45) is -1.08. The number of amides is 1. The van der Waals surface area contributed by atoms with Crippen molar-refractivity contribution in [1.29, 1.82) is 0 Å². The molecule has 1 aromatic heterocycles. The van der Waals surface area contributed by atoms with Crippen molar-refractivity contribution in [3.63, 3.8) is 0 Å². The maximum atomic E-state index is 13.4. The van der Waals surface area contributed by atoms with Gasteiger partial charge in [-0.1, -0.05) is 18.2 Å². The van der Waals surface area contributed by atoms with E-state index in [1.807, 2.05) is 0 Å². The fourth-order valence-corrected chi connectivity index (χ4v) is 4.21. The zero-order valence-electron chi connectivity index (χ0n) is 18.4. The van der Waals surface area contributed by atoms with Crippen LogP contribution in [0.15, 0.2) is 75.9 Å². The topological polar surface area (TPSA) is 107 Å². The van der Waals surface area contributed by atoms with Gasteiger partial charge < -0.3 is 29.1 Å². The number of anilines is 1. The number of nitrogens with one attached hydrogen (secondary N) is 1. The highest BCUT2D eigenvalue weighted by atomic mass is 16.5. The Morgan fingerprint density at radius 1 is 1.00 bits per heavy atom. The van der Waals surface area contributed by atoms with E-state index < -0.39 is 23.6 Å². The third-order valence-electron chi connectivity index (χ3n) is 5.84. The smallest absolute Gasteiger partial charge is 0.344 e. The number of phenols is 1. The molecule has 2 atom stereocenters. The number of rotatable bonds is 5. The normalized spacial score (nSPS) is 16.5. The van der Waals surface area contributed by atoms with Crippen molar-refractivity contribution < 1.29 is 28.5 Å². The van der Waals surface area contributed by atoms with E-state index >= 15 is 0 Å². The third kappa shape index (κ3) is 3.59. The highest BCUT2D eigenvalue weighted by Crippen LogP contribution is 2.45. The van der Waals surface area contributed by atoms with Crippen LogP contribution in [0, 0.1) is 0 Å². The lowest BCUT2D eigenvalue weighted by Gasteiger charge is -2.19. The second kappa shape index (κ2) is 8.47. The number of hydrogen-bond donors (Lipinski definition) is 2. The van der Waals surface area contributed by atoms with Gasteiger partial charge in [0.25, 0.3) is 5.91 Å². The zero-order chi connectivity index (χ0) is 23.8. The number of fused-ring (bicyclic) bond motifs is 3. The molecule has 0 radical (unpaired) electrons. The Hall–Kier alpha value is -4.46. The zero-order valence-corrected chi connectivity index (χ0v) is 18.4. The van der Waals surface area contributed by atoms with Gasteiger partial charge in [0.1, 0.15) is 17.1 Å². The molecule has 1 aliphatic heterocycles. The number of benzene rings is 3. The minimum Gasteiger partial charge on any atom is -0.504 e. The number of phenolic OH excluding ortho intramolecular Hbond substituents is 1. The summed E-state index contributed by atoms with van der Waals surface area (Å²) in [4.78, 5) is 26.4. The van der Waals surface area contributed by atoms with Crippen LogP contribution in [-0.4, -0.2) is 31.3 Å². The van der Waals surface area contributed by atoms with Crippen LogP contribution in [0.25, 0.3) is 11.0 Å². The van der Waals surface area contributed by atoms with E-state index in [4.69, 9.17) is 18.6 Å². The molecule has 2 heterocycles. The Morgan fingerprint density at radius 3 is 2.47 bits per heavy atom. The van der Waals surface area contributed by atoms with Crippen molar-refractivity contribution in [2.75, 3.05) is 19.5 Å². The second-order valence-electron chi connectivity index (χ2n) is 7.79. The van der Waals surface area contributed by atoms with E-state index in [2.05, 4.69) is 5.32 Å². The first kappa shape index (κ1) is 21.4. The monoisotopic (exact) mass is 459 g/mol. The molecule has 0 bridgehead atoms. The molecule has 0 fully saturated rings. The first-order valence-electron chi connectivity index (χ1n) is 10.5. The summed E-state index contributed by atoms with van der Waals surface area (Å²) in [7, 11) is 3.00. The van der Waals surface area contributed by atoms with Gasteiger partial charge in [-0.15, -0.1) is 0 Å². The van der Waals surface area contributed by atoms with Crippen molar-refractivity contribution in [3.05, 3.63) is 88.3 Å². The Balaban J connectivity index is 1.61. The molecule has 5 rings (SSSR count). The van der Waals surface area contributed by atoms with Crippen LogP contribution in [-0.2, 0) is 4.79 Å². The SMILES string of the molecule is COc1ccc(NC(=O)[C@H]2Oc3c(c(=O)oc4ccccc34)[C@@H]2c2ccc(OC)c(O)c2)cc1. The Kier molecular flexibility index (Phi) is 5.33. The maximum Gasteiger partial charge on any atom is 0.344 e. The van der Waals surface area contributed by atoms with E-state index in [-0.39, 0.29) is 17.1 Å². The van der Waals surface area contributed by atoms with Gasteiger partial charge in [-0.3, -0.25) is 4.79 Å². The highest BCUT2D eigenvalue weighted by molar-refractivity contribution is 5.97. The fourth-order valence-electron chi connectivity index (χ4n) is 4.21. The molecule has 0 saturated heterocycles. The van der Waals surface area contributed by atoms with Gasteiger partial charge in [-0.2, -0.15) is 0 Å². The van der Waals surface area contributed by atoms with E-state index in [0.717, 1.165) is 0 Å². The van der Waals surface area contributed by atoms with Crippen molar-refractivity contribution >= 4 is 22.6 Å². The molecule has 0 saturated carbocycles. The van der Waals surface area contributed by atoms with Crippen molar-refractivity contribution in [2.24, 2.45) is 0 Å². The molecule has 1 aliphatic rings. The fraction of sp³-hybridized carbons (Fsp3) is 0.154. The lowest BCUT2D eigenvalue weighted by Crippen LogP contribution is -2.35. The number of hydrogen-bond acceptors (Lipinski definition) is 7. The molecule has 0 unspecified atom stereocenters. The highest BCUT2D eigenvalue weighted by Gasteiger charge is 2.44. The van der Waals surface area contributed by atoms with E-state index in [9.17, 15) is 14.7 Å². The minimum atomic E-state index is -1.08. The van der Waals surface area contributed by atoms with Crippen LogP contribution in [0.5, 0.6) is 23.0 Å². The number of aromatic hydroxyl groups is 1. The minimum absolute atomic E-state index is 0.118. The molecule has 172 valence electrons. The second-order valence-corrected chi connectivity index (χ2v) is 7.79. The van der Waals surface area contributed by atoms with Crippen molar-refractivity contribution in [1.82, 2.24) is 0 Å². The Labute approximate surface area is 194 Å². The van der Waals surface area contributed by atoms with Gasteiger partial charge in [-0.25, -0.2) is 4.79 Å². The number of carbonyl (C=O) groups excluding carboxylic acids is 1. The molecule has 8 heteroatoms. The average Bonchev–Trinajstić information content (AvgIpc) is 3.26. The van der Waals surface area contributed by atoms with Crippen LogP contribution in [0.1, 0.15) is 17.0 Å². The predicted molar refractivity (Wildman–Crippen MR) is 125 cm³/mol. The molecular formula is C26H21NO7. The van der Waals surface area contributed by atoms with E-state index in [1.165, 1.54) is 13.2 Å². The molecule has 8 nitrogen and oxygen atoms in total. The van der Waals surface area contributed by atoms with Gasteiger partial charge in [0, 0.05) is 5.69 Å². The van der Waals surface area contributed by atoms with E-state index in [1.54, 1.807) is 67.8 Å². The largest absolute Gasteiger partial charge is 0.504 e. The van der Waals surface area contributed by atoms with Crippen molar-refractivity contribution in [3.8, 4) is 23.0 Å². The summed E-state index contributed by atoms with van der Waals surface area (Å²) in [5.41, 5.74) is 1.03. The van der Waals surface area contributed by atoms with Crippen LogP contribution >= 0.6 is 0 Å². The van der Waals surface area contributed by atoms with Crippen molar-refractivity contribution in [2.45, 2.75) is 12.0 Å². The first-order valence-corrected chi connectivity index (χ1v) is 10.5. The molecule has 3 aromatic carbocycles. The van der Waals surface area contributed by atoms with Crippen LogP contribution in [0.3, 0.4) is 0 Å². The molecule has 34 heavy (non-hydrogen) atoms. The molecule has 1 amide bonds. The van der Waals surface area contributed by atoms with Gasteiger partial charge in [-0.05, 0) is 54.1 Å². The average molecular weight is 459 g/mol. The Morgan fingerprint density at radius 2 is 1.76 bits per heavy atom. The van der Waals surface area contributed by atoms with Crippen LogP contribution in [0.2, 0.25) is 0 Å². The number of methoxy groups -OCH3 is 2. The lowest BCUT2D eigenvalue weighted by molar-refractivity contribution is -0.122. The molecule has 2 N–H and O–H groups in total. The summed E-state index contributed by atoms with van der Waals surface area (Å²) in [6.45, 7) is 0. The van der Waals surface area contributed by atoms with Gasteiger partial charge in [0.15, 0.2) is 17.6 Å². The van der Waals surface area contributed by atoms with Crippen LogP contribution in [0.4, 0.5) is 5.69 Å². The standard InChI is InChI=1S/C26H21NO7/c1-31-16-10-8-15(9-11-16)27-25(29)24-21(14-7-12-20(32-2)18(28)13-14)22-23(34-24)17-5-3-4-6-19(17)33-26(22)30/h3-13,21,24,28H,1-2H3,(H,27,29)/t21-,24-/m0/s1. The van der Waals surface area contributed by atoms with E-state index in [0.29, 0.717) is 33.7 Å². The predicted octanol–water partition coefficient (Wildman–Crippen LogP) is 4.05. The molecule has 4 aromatic rings. The Bertz CT molecular complexity index is 1440. The third-order valence-corrected chi connectivity index (χ3v) is 5.84. The van der Waals surface area contributed by atoms with Gasteiger partial charge >= 0.3 is 5.63 Å². The number of carbonyl (C=O) groups is 1. The lowest BCUT2D eigenvalue weighted by atomic mass is 9.88. The summed E-state index contributed by atoms with van der Waals surface area (Å²) in [5, 5.41) is 13.8.